The van der Waals surface area contributed by atoms with E-state index in [1.165, 1.54) is 11.1 Å². The van der Waals surface area contributed by atoms with Crippen molar-refractivity contribution in [2.24, 2.45) is 0 Å². The largest absolute Gasteiger partial charge is 0.268 e. The molecule has 0 radical (unpaired) electrons. The Morgan fingerprint density at radius 1 is 1.00 bits per heavy atom. The molecule has 0 unspecified atom stereocenters. The standard InChI is InChI=1S/C14H10N2O2/c1-9-6-10(8-15-7-9)16-13(17)11-4-2-3-5-12(11)14(16)18/h2-8H,1H3. The fourth-order valence-corrected chi connectivity index (χ4v) is 2.09. The third-order valence-electron chi connectivity index (χ3n) is 2.91. The maximum Gasteiger partial charge on any atom is 0.266 e. The quantitative estimate of drug-likeness (QED) is 0.715. The number of aryl methyl sites for hydroxylation is 1. The molecule has 0 aliphatic carbocycles. The number of hydrogen-bond acceptors (Lipinski definition) is 3. The molecule has 0 spiro atoms. The van der Waals surface area contributed by atoms with E-state index in [0.717, 1.165) is 5.56 Å². The van der Waals surface area contributed by atoms with Crippen LogP contribution >= 0.6 is 0 Å². The van der Waals surface area contributed by atoms with E-state index in [1.807, 2.05) is 6.92 Å². The molecule has 0 N–H and O–H groups in total. The van der Waals surface area contributed by atoms with Crippen LogP contribution in [0.3, 0.4) is 0 Å². The number of carbonyl (C=O) groups excluding carboxylic acids is 2. The molecule has 0 fully saturated rings. The van der Waals surface area contributed by atoms with Crippen molar-refractivity contribution in [3.63, 3.8) is 0 Å². The predicted octanol–water partition coefficient (Wildman–Crippen LogP) is 2.19. The monoisotopic (exact) mass is 238 g/mol. The summed E-state index contributed by atoms with van der Waals surface area (Å²) in [5.74, 6) is -0.578. The van der Waals surface area contributed by atoms with Gasteiger partial charge >= 0.3 is 0 Å². The maximum atomic E-state index is 12.2. The molecule has 88 valence electrons. The zero-order valence-corrected chi connectivity index (χ0v) is 9.75. The first-order chi connectivity index (χ1) is 8.68. The smallest absolute Gasteiger partial charge is 0.266 e. The average molecular weight is 238 g/mol. The number of imide groups is 1. The molecular formula is C14H10N2O2. The van der Waals surface area contributed by atoms with Crippen molar-refractivity contribution in [2.45, 2.75) is 6.92 Å². The van der Waals surface area contributed by atoms with Crippen LogP contribution in [-0.4, -0.2) is 16.8 Å². The van der Waals surface area contributed by atoms with Crippen LogP contribution in [0.5, 0.6) is 0 Å². The molecule has 2 heterocycles. The van der Waals surface area contributed by atoms with Crippen LogP contribution in [0.15, 0.2) is 42.7 Å². The van der Waals surface area contributed by atoms with E-state index < -0.39 is 0 Å². The van der Waals surface area contributed by atoms with E-state index in [-0.39, 0.29) is 11.8 Å². The van der Waals surface area contributed by atoms with Crippen LogP contribution < -0.4 is 4.90 Å². The number of rotatable bonds is 1. The van der Waals surface area contributed by atoms with Gasteiger partial charge in [0, 0.05) is 6.20 Å². The number of carbonyl (C=O) groups is 2. The Labute approximate surface area is 104 Å². The summed E-state index contributed by atoms with van der Waals surface area (Å²) >= 11 is 0. The number of amides is 2. The molecule has 0 atom stereocenters. The second kappa shape index (κ2) is 3.77. The zero-order chi connectivity index (χ0) is 12.7. The van der Waals surface area contributed by atoms with Crippen molar-refractivity contribution >= 4 is 17.5 Å². The predicted molar refractivity (Wildman–Crippen MR) is 66.6 cm³/mol. The van der Waals surface area contributed by atoms with E-state index in [2.05, 4.69) is 4.98 Å². The van der Waals surface area contributed by atoms with Gasteiger partial charge in [0.05, 0.1) is 23.0 Å². The Morgan fingerprint density at radius 2 is 1.61 bits per heavy atom. The summed E-state index contributed by atoms with van der Waals surface area (Å²) in [5.41, 5.74) is 2.32. The highest BCUT2D eigenvalue weighted by molar-refractivity contribution is 6.34. The normalized spacial score (nSPS) is 13.9. The summed E-state index contributed by atoms with van der Waals surface area (Å²) in [5, 5.41) is 0. The molecule has 1 aliphatic heterocycles. The molecule has 4 nitrogen and oxygen atoms in total. The molecule has 1 aromatic carbocycles. The number of hydrogen-bond donors (Lipinski definition) is 0. The summed E-state index contributed by atoms with van der Waals surface area (Å²) in [7, 11) is 0. The maximum absolute atomic E-state index is 12.2. The number of pyridine rings is 1. The van der Waals surface area contributed by atoms with E-state index in [0.29, 0.717) is 16.8 Å². The van der Waals surface area contributed by atoms with Crippen molar-refractivity contribution in [1.29, 1.82) is 0 Å². The van der Waals surface area contributed by atoms with Gasteiger partial charge in [0.25, 0.3) is 11.8 Å². The summed E-state index contributed by atoms with van der Waals surface area (Å²) in [6.45, 7) is 1.87. The van der Waals surface area contributed by atoms with Gasteiger partial charge in [-0.2, -0.15) is 0 Å². The van der Waals surface area contributed by atoms with Gasteiger partial charge in [-0.15, -0.1) is 0 Å². The first-order valence-electron chi connectivity index (χ1n) is 5.58. The fraction of sp³-hybridized carbons (Fsp3) is 0.0714. The number of benzene rings is 1. The summed E-state index contributed by atoms with van der Waals surface area (Å²) < 4.78 is 0. The number of aromatic nitrogens is 1. The van der Waals surface area contributed by atoms with Gasteiger partial charge in [-0.1, -0.05) is 12.1 Å². The highest BCUT2D eigenvalue weighted by atomic mass is 16.2. The van der Waals surface area contributed by atoms with E-state index in [4.69, 9.17) is 0 Å². The topological polar surface area (TPSA) is 50.3 Å². The molecule has 4 heteroatoms. The van der Waals surface area contributed by atoms with Gasteiger partial charge in [-0.25, -0.2) is 4.90 Å². The third-order valence-corrected chi connectivity index (χ3v) is 2.91. The second-order valence-corrected chi connectivity index (χ2v) is 4.21. The Hall–Kier alpha value is -2.49. The molecule has 0 saturated carbocycles. The molecule has 0 bridgehead atoms. The highest BCUT2D eigenvalue weighted by Gasteiger charge is 2.36. The Morgan fingerprint density at radius 3 is 2.17 bits per heavy atom. The summed E-state index contributed by atoms with van der Waals surface area (Å²) in [6.07, 6.45) is 3.20. The molecule has 3 rings (SSSR count). The molecule has 2 amide bonds. The molecule has 0 saturated heterocycles. The lowest BCUT2D eigenvalue weighted by Crippen LogP contribution is -2.29. The van der Waals surface area contributed by atoms with Crippen LogP contribution in [0.1, 0.15) is 26.3 Å². The van der Waals surface area contributed by atoms with E-state index >= 15 is 0 Å². The van der Waals surface area contributed by atoms with Crippen LogP contribution in [0.4, 0.5) is 5.69 Å². The molecule has 2 aromatic rings. The summed E-state index contributed by atoms with van der Waals surface area (Å²) in [4.78, 5) is 29.6. The molecule has 18 heavy (non-hydrogen) atoms. The third kappa shape index (κ3) is 1.43. The number of fused-ring (bicyclic) bond motifs is 1. The van der Waals surface area contributed by atoms with Gasteiger partial charge in [-0.3, -0.25) is 14.6 Å². The first-order valence-corrected chi connectivity index (χ1v) is 5.58. The molecule has 1 aromatic heterocycles. The minimum atomic E-state index is -0.289. The van der Waals surface area contributed by atoms with Crippen LogP contribution in [0.2, 0.25) is 0 Å². The first kappa shape index (κ1) is 10.7. The lowest BCUT2D eigenvalue weighted by Gasteiger charge is -2.13. The van der Waals surface area contributed by atoms with E-state index in [9.17, 15) is 9.59 Å². The van der Waals surface area contributed by atoms with Crippen molar-refractivity contribution in [2.75, 3.05) is 4.90 Å². The van der Waals surface area contributed by atoms with Crippen LogP contribution in [0.25, 0.3) is 0 Å². The number of nitrogens with zero attached hydrogens (tertiary/aromatic N) is 2. The number of anilines is 1. The zero-order valence-electron chi connectivity index (χ0n) is 9.75. The Balaban J connectivity index is 2.12. The Bertz CT molecular complexity index is 629. The molecule has 1 aliphatic rings. The van der Waals surface area contributed by atoms with Crippen LogP contribution in [0, 0.1) is 6.92 Å². The van der Waals surface area contributed by atoms with Gasteiger partial charge in [0.2, 0.25) is 0 Å². The van der Waals surface area contributed by atoms with Gasteiger partial charge in [-0.05, 0) is 30.7 Å². The van der Waals surface area contributed by atoms with Crippen molar-refractivity contribution in [3.8, 4) is 0 Å². The second-order valence-electron chi connectivity index (χ2n) is 4.21. The van der Waals surface area contributed by atoms with Crippen molar-refractivity contribution < 1.29 is 9.59 Å². The lowest BCUT2D eigenvalue weighted by atomic mass is 10.1. The minimum Gasteiger partial charge on any atom is -0.268 e. The summed E-state index contributed by atoms with van der Waals surface area (Å²) in [6, 6.07) is 8.61. The van der Waals surface area contributed by atoms with Gasteiger partial charge in [0.15, 0.2) is 0 Å². The van der Waals surface area contributed by atoms with Crippen molar-refractivity contribution in [3.05, 3.63) is 59.4 Å². The minimum absolute atomic E-state index is 0.289. The lowest BCUT2D eigenvalue weighted by molar-refractivity contribution is 0.0926. The van der Waals surface area contributed by atoms with Crippen molar-refractivity contribution in [1.82, 2.24) is 4.98 Å². The Kier molecular flexibility index (Phi) is 2.23. The van der Waals surface area contributed by atoms with Gasteiger partial charge in [0.1, 0.15) is 0 Å². The van der Waals surface area contributed by atoms with E-state index in [1.54, 1.807) is 36.5 Å². The fourth-order valence-electron chi connectivity index (χ4n) is 2.09. The SMILES string of the molecule is Cc1cncc(N2C(=O)c3ccccc3C2=O)c1. The molecular weight excluding hydrogens is 228 g/mol. The van der Waals surface area contributed by atoms with Gasteiger partial charge < -0.3 is 0 Å². The average Bonchev–Trinajstić information content (AvgIpc) is 2.63. The highest BCUT2D eigenvalue weighted by Crippen LogP contribution is 2.27. The van der Waals surface area contributed by atoms with Crippen LogP contribution in [-0.2, 0) is 0 Å².